The van der Waals surface area contributed by atoms with E-state index in [0.717, 1.165) is 16.9 Å². The number of aromatic nitrogens is 2. The number of aryl methyl sites for hydroxylation is 1. The van der Waals surface area contributed by atoms with Crippen LogP contribution in [0.2, 0.25) is 0 Å². The van der Waals surface area contributed by atoms with Crippen LogP contribution in [0, 0.1) is 18.7 Å². The predicted molar refractivity (Wildman–Crippen MR) is 120 cm³/mol. The molecule has 0 radical (unpaired) electrons. The quantitative estimate of drug-likeness (QED) is 0.490. The number of carbonyl (C=O) groups excluding carboxylic acids is 1. The van der Waals surface area contributed by atoms with Crippen LogP contribution in [0.25, 0.3) is 11.0 Å². The molecule has 1 heterocycles. The lowest BCUT2D eigenvalue weighted by Crippen LogP contribution is -2.42. The molecule has 1 N–H and O–H groups in total. The summed E-state index contributed by atoms with van der Waals surface area (Å²) in [7, 11) is -3.91. The van der Waals surface area contributed by atoms with Crippen molar-refractivity contribution in [1.82, 2.24) is 14.3 Å². The van der Waals surface area contributed by atoms with Crippen molar-refractivity contribution < 1.29 is 22.3 Å². The van der Waals surface area contributed by atoms with Crippen LogP contribution in [0.4, 0.5) is 4.39 Å². The number of nitrogens with zero attached hydrogens (tertiary/aromatic N) is 2. The minimum atomic E-state index is -3.91. The monoisotopic (exact) mass is 461 g/mol. The van der Waals surface area contributed by atoms with Crippen LogP contribution in [0.5, 0.6) is 0 Å². The van der Waals surface area contributed by atoms with Gasteiger partial charge in [0.1, 0.15) is 17.7 Å². The smallest absolute Gasteiger partial charge is 0.324 e. The maximum Gasteiger partial charge on any atom is 0.324 e. The number of nitrogens with one attached hydrogen (secondary N) is 1. The van der Waals surface area contributed by atoms with E-state index in [0.29, 0.717) is 18.5 Å². The van der Waals surface area contributed by atoms with Crippen LogP contribution >= 0.6 is 0 Å². The second kappa shape index (κ2) is 9.79. The van der Waals surface area contributed by atoms with Crippen molar-refractivity contribution in [3.05, 3.63) is 59.7 Å². The SMILES string of the molecule is CCOC(=O)[C@H](CC(C)C)NS(=O)(=O)c1ccc(Cn2c(C)nc3cc(F)ccc32)cc1. The van der Waals surface area contributed by atoms with Gasteiger partial charge in [-0.2, -0.15) is 4.72 Å². The van der Waals surface area contributed by atoms with E-state index in [4.69, 9.17) is 4.74 Å². The van der Waals surface area contributed by atoms with Gasteiger partial charge in [0.15, 0.2) is 0 Å². The molecule has 0 saturated carbocycles. The molecule has 3 rings (SSSR count). The number of imidazole rings is 1. The fraction of sp³-hybridized carbons (Fsp3) is 0.391. The lowest BCUT2D eigenvalue weighted by atomic mass is 10.1. The summed E-state index contributed by atoms with van der Waals surface area (Å²) >= 11 is 0. The average molecular weight is 462 g/mol. The summed E-state index contributed by atoms with van der Waals surface area (Å²) in [5.41, 5.74) is 2.23. The van der Waals surface area contributed by atoms with Crippen molar-refractivity contribution in [3.8, 4) is 0 Å². The van der Waals surface area contributed by atoms with Gasteiger partial charge >= 0.3 is 5.97 Å². The molecule has 9 heteroatoms. The summed E-state index contributed by atoms with van der Waals surface area (Å²) in [5, 5.41) is 0. The zero-order chi connectivity index (χ0) is 23.5. The Balaban J connectivity index is 1.80. The molecule has 7 nitrogen and oxygen atoms in total. The van der Waals surface area contributed by atoms with E-state index in [2.05, 4.69) is 9.71 Å². The Labute approximate surface area is 187 Å². The first-order chi connectivity index (χ1) is 15.1. The number of fused-ring (bicyclic) bond motifs is 1. The molecule has 172 valence electrons. The van der Waals surface area contributed by atoms with Crippen LogP contribution in [0.1, 0.15) is 38.6 Å². The van der Waals surface area contributed by atoms with Gasteiger partial charge in [-0.3, -0.25) is 4.79 Å². The van der Waals surface area contributed by atoms with Gasteiger partial charge in [0.25, 0.3) is 0 Å². The Bertz CT molecular complexity index is 1200. The highest BCUT2D eigenvalue weighted by molar-refractivity contribution is 7.89. The summed E-state index contributed by atoms with van der Waals surface area (Å²) < 4.78 is 48.6. The fourth-order valence-electron chi connectivity index (χ4n) is 3.54. The molecular formula is C23H28FN3O4S. The zero-order valence-corrected chi connectivity index (χ0v) is 19.4. The van der Waals surface area contributed by atoms with Gasteiger partial charge in [-0.15, -0.1) is 0 Å². The first kappa shape index (κ1) is 23.9. The topological polar surface area (TPSA) is 90.3 Å². The number of esters is 1. The maximum atomic E-state index is 13.5. The second-order valence-corrected chi connectivity index (χ2v) is 9.79. The molecule has 0 saturated heterocycles. The number of halogens is 1. The Morgan fingerprint density at radius 3 is 2.50 bits per heavy atom. The zero-order valence-electron chi connectivity index (χ0n) is 18.6. The van der Waals surface area contributed by atoms with Crippen LogP contribution in [0.15, 0.2) is 47.4 Å². The Morgan fingerprint density at radius 2 is 1.88 bits per heavy atom. The van der Waals surface area contributed by atoms with Gasteiger partial charge in [0.2, 0.25) is 10.0 Å². The molecule has 32 heavy (non-hydrogen) atoms. The highest BCUT2D eigenvalue weighted by atomic mass is 32.2. The first-order valence-corrected chi connectivity index (χ1v) is 12.0. The van der Waals surface area contributed by atoms with Gasteiger partial charge in [0, 0.05) is 12.6 Å². The standard InChI is InChI=1S/C23H28FN3O4S/c1-5-31-23(28)21(12-15(2)3)26-32(29,30)19-9-6-17(7-10-19)14-27-16(4)25-20-13-18(24)8-11-22(20)27/h6-11,13,15,21,26H,5,12,14H2,1-4H3/t21-/m0/s1. The van der Waals surface area contributed by atoms with E-state index in [9.17, 15) is 17.6 Å². The molecule has 2 aromatic carbocycles. The first-order valence-electron chi connectivity index (χ1n) is 10.5. The Morgan fingerprint density at radius 1 is 1.19 bits per heavy atom. The van der Waals surface area contributed by atoms with E-state index in [-0.39, 0.29) is 23.2 Å². The molecule has 0 aliphatic rings. The third-order valence-electron chi connectivity index (χ3n) is 5.05. The molecule has 0 amide bonds. The lowest BCUT2D eigenvalue weighted by Gasteiger charge is -2.19. The predicted octanol–water partition coefficient (Wildman–Crippen LogP) is 3.79. The molecule has 0 aliphatic heterocycles. The largest absolute Gasteiger partial charge is 0.465 e. The third-order valence-corrected chi connectivity index (χ3v) is 6.54. The normalized spacial score (nSPS) is 12.9. The van der Waals surface area contributed by atoms with E-state index in [1.807, 2.05) is 25.3 Å². The van der Waals surface area contributed by atoms with Crippen molar-refractivity contribution in [1.29, 1.82) is 0 Å². The van der Waals surface area contributed by atoms with Crippen molar-refractivity contribution in [2.45, 2.75) is 51.6 Å². The average Bonchev–Trinajstić information content (AvgIpc) is 3.01. The molecule has 0 fully saturated rings. The van der Waals surface area contributed by atoms with Gasteiger partial charge < -0.3 is 9.30 Å². The number of carbonyl (C=O) groups is 1. The van der Waals surface area contributed by atoms with Crippen LogP contribution in [-0.2, 0) is 26.1 Å². The molecule has 0 aliphatic carbocycles. The lowest BCUT2D eigenvalue weighted by molar-refractivity contribution is -0.145. The van der Waals surface area contributed by atoms with Crippen LogP contribution < -0.4 is 4.72 Å². The molecule has 1 aromatic heterocycles. The number of ether oxygens (including phenoxy) is 1. The second-order valence-electron chi connectivity index (χ2n) is 8.08. The van der Waals surface area contributed by atoms with Crippen LogP contribution in [-0.4, -0.2) is 36.6 Å². The molecule has 3 aromatic rings. The Kier molecular flexibility index (Phi) is 7.30. The molecule has 1 atom stereocenters. The van der Waals surface area contributed by atoms with E-state index < -0.39 is 22.0 Å². The summed E-state index contributed by atoms with van der Waals surface area (Å²) in [6.07, 6.45) is 0.337. The maximum absolute atomic E-state index is 13.5. The summed E-state index contributed by atoms with van der Waals surface area (Å²) in [6, 6.07) is 9.94. The number of hydrogen-bond donors (Lipinski definition) is 1. The molecule has 0 unspecified atom stereocenters. The fourth-order valence-corrected chi connectivity index (χ4v) is 4.74. The highest BCUT2D eigenvalue weighted by Crippen LogP contribution is 2.20. The summed E-state index contributed by atoms with van der Waals surface area (Å²) in [4.78, 5) is 16.6. The third kappa shape index (κ3) is 5.52. The Hall–Kier alpha value is -2.78. The highest BCUT2D eigenvalue weighted by Gasteiger charge is 2.27. The minimum absolute atomic E-state index is 0.0635. The number of benzene rings is 2. The van der Waals surface area contributed by atoms with Gasteiger partial charge in [-0.1, -0.05) is 26.0 Å². The summed E-state index contributed by atoms with van der Waals surface area (Å²) in [5.74, 6) is -0.0887. The molecule has 0 spiro atoms. The number of rotatable bonds is 9. The van der Waals surface area contributed by atoms with Gasteiger partial charge in [0.05, 0.1) is 22.5 Å². The van der Waals surface area contributed by atoms with E-state index in [1.54, 1.807) is 25.1 Å². The van der Waals surface area contributed by atoms with Gasteiger partial charge in [-0.25, -0.2) is 17.8 Å². The number of hydrogen-bond acceptors (Lipinski definition) is 5. The summed E-state index contributed by atoms with van der Waals surface area (Å²) in [6.45, 7) is 7.97. The number of sulfonamides is 1. The van der Waals surface area contributed by atoms with Crippen molar-refractivity contribution >= 4 is 27.0 Å². The molecule has 0 bridgehead atoms. The van der Waals surface area contributed by atoms with Gasteiger partial charge in [-0.05, 0) is 56.0 Å². The van der Waals surface area contributed by atoms with E-state index in [1.165, 1.54) is 24.3 Å². The van der Waals surface area contributed by atoms with Crippen molar-refractivity contribution in [3.63, 3.8) is 0 Å². The van der Waals surface area contributed by atoms with E-state index >= 15 is 0 Å². The van der Waals surface area contributed by atoms with Crippen molar-refractivity contribution in [2.75, 3.05) is 6.61 Å². The van der Waals surface area contributed by atoms with Crippen molar-refractivity contribution in [2.24, 2.45) is 5.92 Å². The minimum Gasteiger partial charge on any atom is -0.465 e. The van der Waals surface area contributed by atoms with Crippen LogP contribution in [0.3, 0.4) is 0 Å². The molecular weight excluding hydrogens is 433 g/mol.